The first-order chi connectivity index (χ1) is 14.1. The summed E-state index contributed by atoms with van der Waals surface area (Å²) in [6.07, 6.45) is 1.92. The molecular weight excluding hydrogens is 395 g/mol. The largest absolute Gasteiger partial charge is 0.491 e. The first-order valence-corrected chi connectivity index (χ1v) is 11.0. The number of benzene rings is 2. The number of carbonyl (C=O) groups is 2. The summed E-state index contributed by atoms with van der Waals surface area (Å²) in [5, 5.41) is 0.0195. The van der Waals surface area contributed by atoms with E-state index in [1.165, 1.54) is 11.8 Å². The number of rotatable bonds is 6. The average Bonchev–Trinajstić information content (AvgIpc) is 2.92. The van der Waals surface area contributed by atoms with Crippen LogP contribution in [0, 0.1) is 0 Å². The zero-order chi connectivity index (χ0) is 21.9. The molecule has 2 aromatic carbocycles. The molecule has 4 nitrogen and oxygen atoms in total. The van der Waals surface area contributed by atoms with Crippen molar-refractivity contribution >= 4 is 35.9 Å². The van der Waals surface area contributed by atoms with E-state index in [9.17, 15) is 9.59 Å². The second kappa shape index (κ2) is 8.92. The van der Waals surface area contributed by atoms with Crippen molar-refractivity contribution < 1.29 is 18.9 Å². The van der Waals surface area contributed by atoms with Gasteiger partial charge in [0.25, 0.3) is 0 Å². The molecule has 0 amide bonds. The zero-order valence-corrected chi connectivity index (χ0v) is 18.9. The van der Waals surface area contributed by atoms with E-state index in [-0.39, 0.29) is 10.9 Å². The zero-order valence-electron chi connectivity index (χ0n) is 18.1. The molecule has 0 N–H and O–H groups in total. The third kappa shape index (κ3) is 4.94. The first kappa shape index (κ1) is 22.5. The Hall–Kier alpha value is -2.15. The number of thioether (sulfide) groups is 1. The lowest BCUT2D eigenvalue weighted by molar-refractivity contribution is -0.109. The van der Waals surface area contributed by atoms with Crippen LogP contribution in [0.5, 0.6) is 0 Å². The van der Waals surface area contributed by atoms with E-state index in [0.29, 0.717) is 16.9 Å². The second-order valence-electron chi connectivity index (χ2n) is 8.37. The summed E-state index contributed by atoms with van der Waals surface area (Å²) >= 11 is 1.20. The van der Waals surface area contributed by atoms with Crippen molar-refractivity contribution in [2.24, 2.45) is 0 Å². The summed E-state index contributed by atoms with van der Waals surface area (Å²) < 4.78 is 12.4. The molecule has 30 heavy (non-hydrogen) atoms. The maximum absolute atomic E-state index is 13.1. The van der Waals surface area contributed by atoms with Crippen LogP contribution in [0.3, 0.4) is 0 Å². The van der Waals surface area contributed by atoms with Crippen LogP contribution in [-0.4, -0.2) is 35.0 Å². The highest BCUT2D eigenvalue weighted by molar-refractivity contribution is 8.13. The van der Waals surface area contributed by atoms with Crippen LogP contribution in [0.1, 0.15) is 56.1 Å². The fraction of sp³-hybridized carbons (Fsp3) is 0.333. The predicted molar refractivity (Wildman–Crippen MR) is 124 cm³/mol. The fourth-order valence-corrected chi connectivity index (χ4v) is 3.72. The Morgan fingerprint density at radius 1 is 0.933 bits per heavy atom. The highest BCUT2D eigenvalue weighted by atomic mass is 32.2. The number of carbonyl (C=O) groups excluding carboxylic acids is 2. The minimum atomic E-state index is -0.582. The van der Waals surface area contributed by atoms with Crippen LogP contribution in [-0.2, 0) is 14.1 Å². The molecule has 0 unspecified atom stereocenters. The lowest BCUT2D eigenvalue weighted by atomic mass is 9.77. The third-order valence-electron chi connectivity index (χ3n) is 5.58. The maximum atomic E-state index is 13.1. The Morgan fingerprint density at radius 2 is 1.50 bits per heavy atom. The summed E-state index contributed by atoms with van der Waals surface area (Å²) in [6, 6.07) is 16.7. The first-order valence-electron chi connectivity index (χ1n) is 9.99. The van der Waals surface area contributed by atoms with Gasteiger partial charge in [-0.05, 0) is 38.7 Å². The quantitative estimate of drug-likeness (QED) is 0.473. The number of hydrogen-bond donors (Lipinski definition) is 0. The molecule has 156 valence electrons. The van der Waals surface area contributed by atoms with E-state index in [1.807, 2.05) is 88.4 Å². The standard InChI is InChI=1S/C24H27BO4S/c1-17(26)30-16-20(25-28-23(2,3)24(4,5)29-25)15-19-13-9-10-14-21(19)22(27)18-11-7-6-8-12-18/h6-15H,16H2,1-5H3. The molecule has 0 saturated carbocycles. The smallest absolute Gasteiger partial charge is 0.400 e. The third-order valence-corrected chi connectivity index (χ3v) is 6.46. The van der Waals surface area contributed by atoms with Crippen molar-refractivity contribution in [3.63, 3.8) is 0 Å². The Balaban J connectivity index is 2.00. The molecule has 2 aromatic rings. The summed E-state index contributed by atoms with van der Waals surface area (Å²) in [5.41, 5.74) is 1.86. The van der Waals surface area contributed by atoms with E-state index in [0.717, 1.165) is 11.0 Å². The number of hydrogen-bond acceptors (Lipinski definition) is 5. The van der Waals surface area contributed by atoms with Crippen LogP contribution in [0.2, 0.25) is 0 Å². The van der Waals surface area contributed by atoms with Gasteiger partial charge < -0.3 is 9.31 Å². The van der Waals surface area contributed by atoms with Crippen molar-refractivity contribution in [3.8, 4) is 0 Å². The van der Waals surface area contributed by atoms with Gasteiger partial charge in [0.2, 0.25) is 0 Å². The Kier molecular flexibility index (Phi) is 6.70. The van der Waals surface area contributed by atoms with Gasteiger partial charge in [0.15, 0.2) is 10.9 Å². The van der Waals surface area contributed by atoms with Gasteiger partial charge >= 0.3 is 7.12 Å². The molecule has 0 aliphatic carbocycles. The lowest BCUT2D eigenvalue weighted by Crippen LogP contribution is -2.41. The van der Waals surface area contributed by atoms with Gasteiger partial charge in [0.1, 0.15) is 0 Å². The molecule has 0 spiro atoms. The molecule has 0 atom stereocenters. The Labute approximate surface area is 183 Å². The molecule has 1 aliphatic rings. The fourth-order valence-electron chi connectivity index (χ4n) is 3.13. The van der Waals surface area contributed by atoms with Crippen molar-refractivity contribution in [1.82, 2.24) is 0 Å². The Morgan fingerprint density at radius 3 is 2.10 bits per heavy atom. The van der Waals surface area contributed by atoms with Crippen LogP contribution in [0.15, 0.2) is 60.1 Å². The van der Waals surface area contributed by atoms with E-state index in [1.54, 1.807) is 6.92 Å². The average molecular weight is 422 g/mol. The minimum Gasteiger partial charge on any atom is -0.400 e. The predicted octanol–water partition coefficient (Wildman–Crippen LogP) is 5.21. The molecule has 0 bridgehead atoms. The molecular formula is C24H27BO4S. The van der Waals surface area contributed by atoms with E-state index >= 15 is 0 Å². The molecule has 6 heteroatoms. The maximum Gasteiger partial charge on any atom is 0.491 e. The van der Waals surface area contributed by atoms with E-state index in [2.05, 4.69) is 0 Å². The van der Waals surface area contributed by atoms with Gasteiger partial charge in [-0.25, -0.2) is 0 Å². The van der Waals surface area contributed by atoms with Crippen molar-refractivity contribution in [2.45, 2.75) is 45.8 Å². The van der Waals surface area contributed by atoms with Crippen LogP contribution in [0.4, 0.5) is 0 Å². The van der Waals surface area contributed by atoms with Gasteiger partial charge in [-0.3, -0.25) is 9.59 Å². The minimum absolute atomic E-state index is 0.0195. The van der Waals surface area contributed by atoms with Crippen molar-refractivity contribution in [2.75, 3.05) is 5.75 Å². The lowest BCUT2D eigenvalue weighted by Gasteiger charge is -2.32. The summed E-state index contributed by atoms with van der Waals surface area (Å²) in [7, 11) is -0.582. The molecule has 0 aromatic heterocycles. The molecule has 1 saturated heterocycles. The van der Waals surface area contributed by atoms with Gasteiger partial charge in [-0.1, -0.05) is 72.4 Å². The summed E-state index contributed by atoms with van der Waals surface area (Å²) in [6.45, 7) is 9.52. The number of ketones is 1. The van der Waals surface area contributed by atoms with Crippen LogP contribution < -0.4 is 0 Å². The van der Waals surface area contributed by atoms with Gasteiger partial charge in [-0.2, -0.15) is 0 Å². The Bertz CT molecular complexity index is 950. The molecule has 0 radical (unpaired) electrons. The molecule has 1 fully saturated rings. The van der Waals surface area contributed by atoms with Crippen LogP contribution in [0.25, 0.3) is 6.08 Å². The SMILES string of the molecule is CC(=O)SCC(=Cc1ccccc1C(=O)c1ccccc1)B1OC(C)(C)C(C)(C)O1. The van der Waals surface area contributed by atoms with E-state index < -0.39 is 18.3 Å². The van der Waals surface area contributed by atoms with Crippen molar-refractivity contribution in [3.05, 3.63) is 76.8 Å². The van der Waals surface area contributed by atoms with Gasteiger partial charge in [0, 0.05) is 23.8 Å². The molecule has 3 rings (SSSR count). The van der Waals surface area contributed by atoms with Gasteiger partial charge in [-0.15, -0.1) is 0 Å². The molecule has 1 aliphatic heterocycles. The van der Waals surface area contributed by atoms with Gasteiger partial charge in [0.05, 0.1) is 11.2 Å². The summed E-state index contributed by atoms with van der Waals surface area (Å²) in [4.78, 5) is 24.7. The second-order valence-corrected chi connectivity index (χ2v) is 9.52. The highest BCUT2D eigenvalue weighted by Gasteiger charge is 2.52. The van der Waals surface area contributed by atoms with Crippen LogP contribution >= 0.6 is 11.8 Å². The molecule has 1 heterocycles. The monoisotopic (exact) mass is 422 g/mol. The highest BCUT2D eigenvalue weighted by Crippen LogP contribution is 2.39. The normalized spacial score (nSPS) is 17.8. The summed E-state index contributed by atoms with van der Waals surface area (Å²) in [5.74, 6) is 0.384. The topological polar surface area (TPSA) is 52.6 Å². The van der Waals surface area contributed by atoms with E-state index in [4.69, 9.17) is 9.31 Å². The van der Waals surface area contributed by atoms with Crippen molar-refractivity contribution in [1.29, 1.82) is 0 Å².